The zero-order chi connectivity index (χ0) is 13.7. The Morgan fingerprint density at radius 3 is 2.68 bits per heavy atom. The summed E-state index contributed by atoms with van der Waals surface area (Å²) in [4.78, 5) is 24.7. The molecule has 0 spiro atoms. The van der Waals surface area contributed by atoms with Crippen LogP contribution in [0.4, 0.5) is 0 Å². The van der Waals surface area contributed by atoms with E-state index in [4.69, 9.17) is 5.11 Å². The molecule has 4 nitrogen and oxygen atoms in total. The number of benzene rings is 1. The standard InChI is InChI=1S/C15H19NO3/c17-14(18)9-8-12-5-4-10-16(11-12)15(19)13-6-2-1-3-7-13/h1-3,6-7,12H,4-5,8-11H2,(H,17,18)/t12-/m0/s1. The van der Waals surface area contributed by atoms with E-state index in [1.165, 1.54) is 0 Å². The number of carboxylic acids is 1. The lowest BCUT2D eigenvalue weighted by Crippen LogP contribution is -2.40. The molecule has 1 aliphatic rings. The van der Waals surface area contributed by atoms with Gasteiger partial charge < -0.3 is 10.0 Å². The first-order valence-corrected chi connectivity index (χ1v) is 6.73. The number of carbonyl (C=O) groups is 2. The molecule has 0 radical (unpaired) electrons. The number of aliphatic carboxylic acids is 1. The van der Waals surface area contributed by atoms with Crippen LogP contribution in [0, 0.1) is 5.92 Å². The Hall–Kier alpha value is -1.84. The Labute approximate surface area is 113 Å². The predicted octanol–water partition coefficient (Wildman–Crippen LogP) is 2.40. The van der Waals surface area contributed by atoms with E-state index < -0.39 is 5.97 Å². The second-order valence-corrected chi connectivity index (χ2v) is 5.06. The van der Waals surface area contributed by atoms with Crippen molar-refractivity contribution in [1.29, 1.82) is 0 Å². The summed E-state index contributed by atoms with van der Waals surface area (Å²) in [5, 5.41) is 8.72. The number of amides is 1. The summed E-state index contributed by atoms with van der Waals surface area (Å²) in [5.74, 6) is -0.385. The van der Waals surface area contributed by atoms with Crippen molar-refractivity contribution < 1.29 is 14.7 Å². The van der Waals surface area contributed by atoms with Gasteiger partial charge in [0.1, 0.15) is 0 Å². The third kappa shape index (κ3) is 3.81. The number of hydrogen-bond donors (Lipinski definition) is 1. The number of carbonyl (C=O) groups excluding carboxylic acids is 1. The Morgan fingerprint density at radius 2 is 2.00 bits per heavy atom. The van der Waals surface area contributed by atoms with Gasteiger partial charge in [-0.25, -0.2) is 0 Å². The molecule has 0 saturated carbocycles. The van der Waals surface area contributed by atoms with E-state index in [1.54, 1.807) is 0 Å². The second-order valence-electron chi connectivity index (χ2n) is 5.06. The van der Waals surface area contributed by atoms with Crippen LogP contribution in [-0.2, 0) is 4.79 Å². The van der Waals surface area contributed by atoms with Crippen molar-refractivity contribution in [2.45, 2.75) is 25.7 Å². The van der Waals surface area contributed by atoms with E-state index >= 15 is 0 Å². The van der Waals surface area contributed by atoms with Crippen molar-refractivity contribution in [3.8, 4) is 0 Å². The second kappa shape index (κ2) is 6.36. The SMILES string of the molecule is O=C(O)CC[C@@H]1CCCN(C(=O)c2ccccc2)C1. The van der Waals surface area contributed by atoms with Gasteiger partial charge in [0.05, 0.1) is 0 Å². The summed E-state index contributed by atoms with van der Waals surface area (Å²) in [5.41, 5.74) is 0.710. The van der Waals surface area contributed by atoms with Crippen molar-refractivity contribution >= 4 is 11.9 Å². The molecule has 1 amide bonds. The van der Waals surface area contributed by atoms with Gasteiger partial charge in [0.2, 0.25) is 0 Å². The highest BCUT2D eigenvalue weighted by Crippen LogP contribution is 2.22. The fourth-order valence-electron chi connectivity index (χ4n) is 2.58. The van der Waals surface area contributed by atoms with Crippen LogP contribution >= 0.6 is 0 Å². The molecule has 19 heavy (non-hydrogen) atoms. The monoisotopic (exact) mass is 261 g/mol. The number of piperidine rings is 1. The summed E-state index contributed by atoms with van der Waals surface area (Å²) < 4.78 is 0. The maximum Gasteiger partial charge on any atom is 0.303 e. The van der Waals surface area contributed by atoms with E-state index in [0.717, 1.165) is 19.4 Å². The van der Waals surface area contributed by atoms with Crippen LogP contribution in [0.3, 0.4) is 0 Å². The number of carboxylic acid groups (broad SMARTS) is 1. The molecule has 1 aromatic rings. The van der Waals surface area contributed by atoms with Crippen molar-refractivity contribution in [2.24, 2.45) is 5.92 Å². The molecular weight excluding hydrogens is 242 g/mol. The molecule has 4 heteroatoms. The average molecular weight is 261 g/mol. The van der Waals surface area contributed by atoms with E-state index in [9.17, 15) is 9.59 Å². The number of likely N-dealkylation sites (tertiary alicyclic amines) is 1. The summed E-state index contributed by atoms with van der Waals surface area (Å²) in [6.07, 6.45) is 2.83. The first-order chi connectivity index (χ1) is 9.16. The molecule has 0 bridgehead atoms. The Bertz CT molecular complexity index is 444. The van der Waals surface area contributed by atoms with E-state index in [0.29, 0.717) is 24.4 Å². The summed E-state index contributed by atoms with van der Waals surface area (Å²) >= 11 is 0. The molecule has 1 aromatic carbocycles. The van der Waals surface area contributed by atoms with Crippen molar-refractivity contribution in [2.75, 3.05) is 13.1 Å². The van der Waals surface area contributed by atoms with Crippen LogP contribution in [0.5, 0.6) is 0 Å². The zero-order valence-electron chi connectivity index (χ0n) is 10.9. The lowest BCUT2D eigenvalue weighted by Gasteiger charge is -2.32. The molecule has 1 atom stereocenters. The van der Waals surface area contributed by atoms with Gasteiger partial charge >= 0.3 is 5.97 Å². The summed E-state index contributed by atoms with van der Waals surface area (Å²) in [6, 6.07) is 9.26. The maximum absolute atomic E-state index is 12.3. The highest BCUT2D eigenvalue weighted by atomic mass is 16.4. The Kier molecular flexibility index (Phi) is 4.55. The first-order valence-electron chi connectivity index (χ1n) is 6.73. The number of nitrogens with zero attached hydrogens (tertiary/aromatic N) is 1. The third-order valence-electron chi connectivity index (χ3n) is 3.59. The Balaban J connectivity index is 1.93. The van der Waals surface area contributed by atoms with Gasteiger partial charge in [0, 0.05) is 25.1 Å². The number of rotatable bonds is 4. The van der Waals surface area contributed by atoms with Crippen LogP contribution in [-0.4, -0.2) is 35.0 Å². The quantitative estimate of drug-likeness (QED) is 0.905. The molecule has 1 heterocycles. The molecule has 2 rings (SSSR count). The molecule has 1 N–H and O–H groups in total. The minimum Gasteiger partial charge on any atom is -0.481 e. The molecule has 1 aliphatic heterocycles. The van der Waals surface area contributed by atoms with Gasteiger partial charge in [0.25, 0.3) is 5.91 Å². The summed E-state index contributed by atoms with van der Waals surface area (Å²) in [7, 11) is 0. The van der Waals surface area contributed by atoms with Crippen LogP contribution in [0.1, 0.15) is 36.0 Å². The minimum absolute atomic E-state index is 0.0561. The van der Waals surface area contributed by atoms with Crippen LogP contribution in [0.2, 0.25) is 0 Å². The zero-order valence-corrected chi connectivity index (χ0v) is 10.9. The van der Waals surface area contributed by atoms with Crippen molar-refractivity contribution in [3.05, 3.63) is 35.9 Å². The highest BCUT2D eigenvalue weighted by molar-refractivity contribution is 5.94. The number of hydrogen-bond acceptors (Lipinski definition) is 2. The third-order valence-corrected chi connectivity index (χ3v) is 3.59. The first kappa shape index (κ1) is 13.6. The maximum atomic E-state index is 12.3. The molecular formula is C15H19NO3. The fourth-order valence-corrected chi connectivity index (χ4v) is 2.58. The van der Waals surface area contributed by atoms with Crippen molar-refractivity contribution in [3.63, 3.8) is 0 Å². The van der Waals surface area contributed by atoms with Gasteiger partial charge in [-0.2, -0.15) is 0 Å². The van der Waals surface area contributed by atoms with Crippen LogP contribution in [0.25, 0.3) is 0 Å². The lowest BCUT2D eigenvalue weighted by molar-refractivity contribution is -0.137. The van der Waals surface area contributed by atoms with E-state index in [-0.39, 0.29) is 12.3 Å². The van der Waals surface area contributed by atoms with Crippen LogP contribution in [0.15, 0.2) is 30.3 Å². The normalized spacial score (nSPS) is 19.2. The lowest BCUT2D eigenvalue weighted by atomic mass is 9.93. The molecule has 0 aromatic heterocycles. The van der Waals surface area contributed by atoms with Gasteiger partial charge in [0.15, 0.2) is 0 Å². The largest absolute Gasteiger partial charge is 0.481 e. The van der Waals surface area contributed by atoms with E-state index in [1.807, 2.05) is 35.2 Å². The van der Waals surface area contributed by atoms with Gasteiger partial charge in [-0.05, 0) is 37.3 Å². The molecule has 102 valence electrons. The van der Waals surface area contributed by atoms with Gasteiger partial charge in [-0.1, -0.05) is 18.2 Å². The molecule has 0 aliphatic carbocycles. The molecule has 1 fully saturated rings. The van der Waals surface area contributed by atoms with Crippen molar-refractivity contribution in [1.82, 2.24) is 4.90 Å². The molecule has 1 saturated heterocycles. The van der Waals surface area contributed by atoms with Gasteiger partial charge in [-0.15, -0.1) is 0 Å². The van der Waals surface area contributed by atoms with E-state index in [2.05, 4.69) is 0 Å². The predicted molar refractivity (Wildman–Crippen MR) is 71.9 cm³/mol. The minimum atomic E-state index is -0.758. The van der Waals surface area contributed by atoms with Crippen LogP contribution < -0.4 is 0 Å². The summed E-state index contributed by atoms with van der Waals surface area (Å²) in [6.45, 7) is 1.46. The average Bonchev–Trinajstić information content (AvgIpc) is 2.45. The topological polar surface area (TPSA) is 57.6 Å². The fraction of sp³-hybridized carbons (Fsp3) is 0.467. The molecule has 0 unspecified atom stereocenters. The smallest absolute Gasteiger partial charge is 0.303 e. The van der Waals surface area contributed by atoms with Gasteiger partial charge in [-0.3, -0.25) is 9.59 Å². The Morgan fingerprint density at radius 1 is 1.26 bits per heavy atom. The highest BCUT2D eigenvalue weighted by Gasteiger charge is 2.24.